The van der Waals surface area contributed by atoms with Crippen molar-refractivity contribution in [3.63, 3.8) is 0 Å². The Morgan fingerprint density at radius 1 is 0.952 bits per heavy atom. The van der Waals surface area contributed by atoms with Gasteiger partial charge in [-0.2, -0.15) is 0 Å². The topological polar surface area (TPSA) is 39.9 Å². The van der Waals surface area contributed by atoms with Gasteiger partial charge in [-0.3, -0.25) is 0 Å². The van der Waals surface area contributed by atoms with Crippen molar-refractivity contribution in [3.05, 3.63) is 72.1 Å². The first-order valence-corrected chi connectivity index (χ1v) is 6.95. The van der Waals surface area contributed by atoms with Gasteiger partial charge in [-0.15, -0.1) is 5.10 Å². The second-order valence-corrected chi connectivity index (χ2v) is 4.84. The lowest BCUT2D eigenvalue weighted by atomic mass is 10.1. The first kappa shape index (κ1) is 13.4. The summed E-state index contributed by atoms with van der Waals surface area (Å²) in [6.07, 6.45) is 3.80. The average molecular weight is 279 g/mol. The third-order valence-corrected chi connectivity index (χ3v) is 3.39. The van der Waals surface area contributed by atoms with Gasteiger partial charge in [0, 0.05) is 0 Å². The Hall–Kier alpha value is -2.62. The monoisotopic (exact) mass is 279 g/mol. The molecular weight excluding hydrogens is 262 g/mol. The summed E-state index contributed by atoms with van der Waals surface area (Å²) in [5.74, 6) is 0.883. The number of rotatable bonds is 5. The number of benzene rings is 2. The number of ether oxygens (including phenoxy) is 1. The normalized spacial score (nSPS) is 10.5. The SMILES string of the molecule is COc1ccc(CCc2cn(-c3ccccc3)nn2)cc1. The van der Waals surface area contributed by atoms with E-state index < -0.39 is 0 Å². The number of nitrogens with zero attached hydrogens (tertiary/aromatic N) is 3. The number of hydrogen-bond acceptors (Lipinski definition) is 3. The van der Waals surface area contributed by atoms with Crippen LogP contribution in [0.2, 0.25) is 0 Å². The first-order valence-electron chi connectivity index (χ1n) is 6.95. The average Bonchev–Trinajstić information content (AvgIpc) is 3.03. The van der Waals surface area contributed by atoms with Crippen molar-refractivity contribution in [2.75, 3.05) is 7.11 Å². The smallest absolute Gasteiger partial charge is 0.118 e. The number of aryl methyl sites for hydroxylation is 2. The number of aromatic nitrogens is 3. The van der Waals surface area contributed by atoms with E-state index in [9.17, 15) is 0 Å². The molecule has 21 heavy (non-hydrogen) atoms. The molecule has 1 aromatic heterocycles. The summed E-state index contributed by atoms with van der Waals surface area (Å²) in [6, 6.07) is 18.1. The lowest BCUT2D eigenvalue weighted by Gasteiger charge is -2.02. The Labute approximate surface area is 124 Å². The largest absolute Gasteiger partial charge is 0.497 e. The van der Waals surface area contributed by atoms with Crippen LogP contribution in [-0.4, -0.2) is 22.1 Å². The van der Waals surface area contributed by atoms with Gasteiger partial charge in [-0.1, -0.05) is 35.5 Å². The molecule has 0 saturated heterocycles. The summed E-state index contributed by atoms with van der Waals surface area (Å²) < 4.78 is 6.97. The minimum Gasteiger partial charge on any atom is -0.497 e. The summed E-state index contributed by atoms with van der Waals surface area (Å²) in [5.41, 5.74) is 3.29. The molecule has 0 aliphatic carbocycles. The minimum atomic E-state index is 0.874. The zero-order valence-corrected chi connectivity index (χ0v) is 11.9. The van der Waals surface area contributed by atoms with E-state index in [0.29, 0.717) is 0 Å². The van der Waals surface area contributed by atoms with E-state index in [1.165, 1.54) is 5.56 Å². The van der Waals surface area contributed by atoms with Crippen LogP contribution in [0.4, 0.5) is 0 Å². The van der Waals surface area contributed by atoms with Gasteiger partial charge in [-0.25, -0.2) is 4.68 Å². The van der Waals surface area contributed by atoms with Crippen molar-refractivity contribution in [2.24, 2.45) is 0 Å². The standard InChI is InChI=1S/C17H17N3O/c1-21-17-11-8-14(9-12-17)7-10-15-13-20(19-18-15)16-5-3-2-4-6-16/h2-6,8-9,11-13H,7,10H2,1H3. The molecule has 4 heteroatoms. The van der Waals surface area contributed by atoms with E-state index in [-0.39, 0.29) is 0 Å². The maximum Gasteiger partial charge on any atom is 0.118 e. The molecule has 3 aromatic rings. The highest BCUT2D eigenvalue weighted by Gasteiger charge is 2.03. The second-order valence-electron chi connectivity index (χ2n) is 4.84. The molecule has 0 aliphatic rings. The van der Waals surface area contributed by atoms with Gasteiger partial charge in [0.2, 0.25) is 0 Å². The van der Waals surface area contributed by atoms with Crippen LogP contribution >= 0.6 is 0 Å². The summed E-state index contributed by atoms with van der Waals surface area (Å²) in [4.78, 5) is 0. The van der Waals surface area contributed by atoms with Gasteiger partial charge < -0.3 is 4.74 Å². The van der Waals surface area contributed by atoms with E-state index in [1.807, 2.05) is 53.3 Å². The molecule has 0 amide bonds. The molecule has 0 saturated carbocycles. The second kappa shape index (κ2) is 6.22. The summed E-state index contributed by atoms with van der Waals surface area (Å²) >= 11 is 0. The molecular formula is C17H17N3O. The fraction of sp³-hybridized carbons (Fsp3) is 0.176. The van der Waals surface area contributed by atoms with E-state index in [0.717, 1.165) is 30.0 Å². The van der Waals surface area contributed by atoms with Crippen molar-refractivity contribution >= 4 is 0 Å². The van der Waals surface area contributed by atoms with Crippen LogP contribution in [0.5, 0.6) is 5.75 Å². The van der Waals surface area contributed by atoms with E-state index in [1.54, 1.807) is 7.11 Å². The number of methoxy groups -OCH3 is 1. The first-order chi connectivity index (χ1) is 10.3. The van der Waals surface area contributed by atoms with Crippen molar-refractivity contribution in [2.45, 2.75) is 12.8 Å². The fourth-order valence-electron chi connectivity index (χ4n) is 2.18. The molecule has 1 heterocycles. The zero-order chi connectivity index (χ0) is 14.5. The summed E-state index contributed by atoms with van der Waals surface area (Å²) in [6.45, 7) is 0. The van der Waals surface area contributed by atoms with E-state index in [4.69, 9.17) is 4.74 Å². The molecule has 0 atom stereocenters. The Bertz CT molecular complexity index is 690. The van der Waals surface area contributed by atoms with Crippen molar-refractivity contribution < 1.29 is 4.74 Å². The van der Waals surface area contributed by atoms with Gasteiger partial charge in [-0.05, 0) is 42.7 Å². The summed E-state index contributed by atoms with van der Waals surface area (Å²) in [7, 11) is 1.68. The predicted molar refractivity (Wildman–Crippen MR) is 81.8 cm³/mol. The molecule has 3 rings (SSSR count). The molecule has 0 unspecified atom stereocenters. The third-order valence-electron chi connectivity index (χ3n) is 3.39. The fourth-order valence-corrected chi connectivity index (χ4v) is 2.18. The maximum absolute atomic E-state index is 5.16. The molecule has 0 fully saturated rings. The van der Waals surface area contributed by atoms with Crippen molar-refractivity contribution in [1.82, 2.24) is 15.0 Å². The highest BCUT2D eigenvalue weighted by Crippen LogP contribution is 2.13. The van der Waals surface area contributed by atoms with E-state index >= 15 is 0 Å². The lowest BCUT2D eigenvalue weighted by molar-refractivity contribution is 0.414. The Morgan fingerprint density at radius 3 is 2.43 bits per heavy atom. The van der Waals surface area contributed by atoms with Crippen molar-refractivity contribution in [1.29, 1.82) is 0 Å². The zero-order valence-electron chi connectivity index (χ0n) is 11.9. The molecule has 0 aliphatic heterocycles. The van der Waals surface area contributed by atoms with Crippen LogP contribution in [0.15, 0.2) is 60.8 Å². The molecule has 0 radical (unpaired) electrons. The van der Waals surface area contributed by atoms with Gasteiger partial charge in [0.05, 0.1) is 24.7 Å². The molecule has 0 spiro atoms. The summed E-state index contributed by atoms with van der Waals surface area (Å²) in [5, 5.41) is 8.40. The maximum atomic E-state index is 5.16. The van der Waals surface area contributed by atoms with Crippen LogP contribution in [-0.2, 0) is 12.8 Å². The quantitative estimate of drug-likeness (QED) is 0.720. The van der Waals surface area contributed by atoms with Crippen LogP contribution in [0, 0.1) is 0 Å². The molecule has 0 bridgehead atoms. The number of para-hydroxylation sites is 1. The Kier molecular flexibility index (Phi) is 3.96. The lowest BCUT2D eigenvalue weighted by Crippen LogP contribution is -1.93. The minimum absolute atomic E-state index is 0.874. The molecule has 106 valence electrons. The van der Waals surface area contributed by atoms with Crippen LogP contribution in [0.1, 0.15) is 11.3 Å². The number of hydrogen-bond donors (Lipinski definition) is 0. The van der Waals surface area contributed by atoms with Crippen LogP contribution in [0.25, 0.3) is 5.69 Å². The molecule has 2 aromatic carbocycles. The van der Waals surface area contributed by atoms with Gasteiger partial charge in [0.1, 0.15) is 5.75 Å². The van der Waals surface area contributed by atoms with Crippen LogP contribution < -0.4 is 4.74 Å². The van der Waals surface area contributed by atoms with Crippen molar-refractivity contribution in [3.8, 4) is 11.4 Å². The highest BCUT2D eigenvalue weighted by molar-refractivity contribution is 5.30. The van der Waals surface area contributed by atoms with Gasteiger partial charge in [0.15, 0.2) is 0 Å². The predicted octanol–water partition coefficient (Wildman–Crippen LogP) is 3.06. The Morgan fingerprint density at radius 2 is 1.71 bits per heavy atom. The molecule has 0 N–H and O–H groups in total. The van der Waals surface area contributed by atoms with Crippen LogP contribution in [0.3, 0.4) is 0 Å². The highest BCUT2D eigenvalue weighted by atomic mass is 16.5. The van der Waals surface area contributed by atoms with E-state index in [2.05, 4.69) is 22.4 Å². The Balaban J connectivity index is 1.64. The molecule has 4 nitrogen and oxygen atoms in total. The third kappa shape index (κ3) is 3.28. The van der Waals surface area contributed by atoms with Gasteiger partial charge in [0.25, 0.3) is 0 Å². The van der Waals surface area contributed by atoms with Gasteiger partial charge >= 0.3 is 0 Å².